The van der Waals surface area contributed by atoms with Gasteiger partial charge in [-0.1, -0.05) is 42.1 Å². The fourth-order valence-corrected chi connectivity index (χ4v) is 4.15. The number of carbonyl (C=O) groups is 1. The summed E-state index contributed by atoms with van der Waals surface area (Å²) < 4.78 is 18.9. The lowest BCUT2D eigenvalue weighted by Crippen LogP contribution is -2.37. The molecule has 0 aliphatic carbocycles. The Morgan fingerprint density at radius 3 is 2.53 bits per heavy atom. The first-order chi connectivity index (χ1) is 14.6. The number of amidine groups is 2. The highest BCUT2D eigenvalue weighted by atomic mass is 32.2. The molecule has 5 rings (SSSR count). The molecule has 2 aliphatic rings. The third-order valence-corrected chi connectivity index (χ3v) is 5.55. The normalized spacial score (nSPS) is 17.2. The Morgan fingerprint density at radius 2 is 1.77 bits per heavy atom. The van der Waals surface area contributed by atoms with E-state index in [-0.39, 0.29) is 17.2 Å². The molecule has 0 radical (unpaired) electrons. The van der Waals surface area contributed by atoms with Crippen LogP contribution in [0.1, 0.15) is 11.3 Å². The number of benzene rings is 2. The Morgan fingerprint density at radius 1 is 1.00 bits per heavy atom. The van der Waals surface area contributed by atoms with Crippen LogP contribution in [0.15, 0.2) is 87.1 Å². The average molecular weight is 415 g/mol. The second kappa shape index (κ2) is 7.27. The summed E-state index contributed by atoms with van der Waals surface area (Å²) in [4.78, 5) is 18.4. The third-order valence-electron chi connectivity index (χ3n) is 4.73. The van der Waals surface area contributed by atoms with E-state index in [0.717, 1.165) is 16.8 Å². The van der Waals surface area contributed by atoms with Gasteiger partial charge >= 0.3 is 0 Å². The zero-order valence-electron chi connectivity index (χ0n) is 15.5. The number of halogens is 1. The summed E-state index contributed by atoms with van der Waals surface area (Å²) in [6, 6.07) is 19.1. The maximum absolute atomic E-state index is 13.1. The number of aliphatic imine (C=N–C) groups is 1. The Hall–Kier alpha value is -3.71. The highest BCUT2D eigenvalue weighted by Crippen LogP contribution is 2.37. The number of nitrogens with one attached hydrogen (secondary N) is 1. The van der Waals surface area contributed by atoms with Crippen LogP contribution >= 0.6 is 11.8 Å². The molecule has 1 N–H and O–H groups in total. The molecule has 1 aromatic heterocycles. The predicted molar refractivity (Wildman–Crippen MR) is 116 cm³/mol. The lowest BCUT2D eigenvalue weighted by atomic mass is 10.1. The molecule has 0 saturated heterocycles. The molecule has 0 bridgehead atoms. The molecule has 0 unspecified atom stereocenters. The summed E-state index contributed by atoms with van der Waals surface area (Å²) in [5, 5.41) is 11.0. The van der Waals surface area contributed by atoms with Crippen molar-refractivity contribution in [1.82, 2.24) is 4.90 Å². The summed E-state index contributed by atoms with van der Waals surface area (Å²) in [7, 11) is 0. The molecule has 30 heavy (non-hydrogen) atoms. The van der Waals surface area contributed by atoms with Crippen LogP contribution in [0, 0.1) is 11.2 Å². The highest BCUT2D eigenvalue weighted by molar-refractivity contribution is 8.17. The lowest BCUT2D eigenvalue weighted by molar-refractivity contribution is -0.114. The topological polar surface area (TPSA) is 69.7 Å². The minimum atomic E-state index is -0.485. The number of hydrogen-bond donors (Lipinski definition) is 1. The molecular weight excluding hydrogens is 401 g/mol. The van der Waals surface area contributed by atoms with E-state index in [9.17, 15) is 9.18 Å². The van der Waals surface area contributed by atoms with E-state index in [1.54, 1.807) is 29.2 Å². The van der Waals surface area contributed by atoms with E-state index in [4.69, 9.17) is 9.83 Å². The van der Waals surface area contributed by atoms with Crippen LogP contribution in [0.25, 0.3) is 23.1 Å². The van der Waals surface area contributed by atoms with Crippen molar-refractivity contribution in [2.45, 2.75) is 0 Å². The number of furan rings is 1. The Labute approximate surface area is 175 Å². The summed E-state index contributed by atoms with van der Waals surface area (Å²) >= 11 is 1.32. The SMILES string of the molecule is N=C1C(=Cc2ccc(-c3ccc(F)cc3)o2)C(=O)N=C2SC=C(c3ccccc3)N12. The van der Waals surface area contributed by atoms with Gasteiger partial charge in [-0.3, -0.25) is 15.1 Å². The number of amides is 1. The molecule has 0 saturated carbocycles. The van der Waals surface area contributed by atoms with Gasteiger partial charge in [0, 0.05) is 11.0 Å². The van der Waals surface area contributed by atoms with Gasteiger partial charge in [0.25, 0.3) is 5.91 Å². The molecule has 1 amide bonds. The summed E-state index contributed by atoms with van der Waals surface area (Å²) in [6.45, 7) is 0. The first-order valence-electron chi connectivity index (χ1n) is 9.12. The maximum atomic E-state index is 13.1. The Kier molecular flexibility index (Phi) is 4.44. The van der Waals surface area contributed by atoms with Crippen LogP contribution in [-0.4, -0.2) is 21.8 Å². The molecule has 146 valence electrons. The maximum Gasteiger partial charge on any atom is 0.283 e. The second-order valence-corrected chi connectivity index (χ2v) is 7.47. The van der Waals surface area contributed by atoms with Crippen LogP contribution in [0.4, 0.5) is 4.39 Å². The van der Waals surface area contributed by atoms with Gasteiger partial charge < -0.3 is 4.42 Å². The average Bonchev–Trinajstić information content (AvgIpc) is 3.39. The molecule has 0 atom stereocenters. The van der Waals surface area contributed by atoms with Crippen molar-refractivity contribution in [1.29, 1.82) is 5.41 Å². The van der Waals surface area contributed by atoms with Gasteiger partial charge in [-0.05, 0) is 48.0 Å². The minimum absolute atomic E-state index is 0.0461. The number of rotatable bonds is 3. The molecule has 5 nitrogen and oxygen atoms in total. The highest BCUT2D eigenvalue weighted by Gasteiger charge is 2.36. The Balaban J connectivity index is 1.48. The fourth-order valence-electron chi connectivity index (χ4n) is 3.26. The van der Waals surface area contributed by atoms with Gasteiger partial charge in [0.2, 0.25) is 0 Å². The molecule has 0 fully saturated rings. The number of fused-ring (bicyclic) bond motifs is 1. The van der Waals surface area contributed by atoms with Gasteiger partial charge in [-0.2, -0.15) is 4.99 Å². The van der Waals surface area contributed by atoms with Gasteiger partial charge in [0.15, 0.2) is 5.17 Å². The fraction of sp³-hybridized carbons (Fsp3) is 0. The van der Waals surface area contributed by atoms with Crippen molar-refractivity contribution >= 4 is 40.4 Å². The van der Waals surface area contributed by atoms with Crippen LogP contribution < -0.4 is 0 Å². The van der Waals surface area contributed by atoms with Crippen molar-refractivity contribution in [2.75, 3.05) is 0 Å². The first kappa shape index (κ1) is 18.3. The van der Waals surface area contributed by atoms with Crippen molar-refractivity contribution < 1.29 is 13.6 Å². The zero-order chi connectivity index (χ0) is 20.7. The third kappa shape index (κ3) is 3.19. The Bertz CT molecular complexity index is 1260. The lowest BCUT2D eigenvalue weighted by Gasteiger charge is -2.26. The van der Waals surface area contributed by atoms with Crippen molar-refractivity contribution in [2.24, 2.45) is 4.99 Å². The molecule has 7 heteroatoms. The summed E-state index contributed by atoms with van der Waals surface area (Å²) in [6.07, 6.45) is 1.52. The van der Waals surface area contributed by atoms with Crippen LogP contribution in [0.2, 0.25) is 0 Å². The van der Waals surface area contributed by atoms with E-state index in [2.05, 4.69) is 4.99 Å². The number of hydrogen-bond acceptors (Lipinski definition) is 4. The van der Waals surface area contributed by atoms with Crippen molar-refractivity contribution in [3.63, 3.8) is 0 Å². The number of carbonyl (C=O) groups excluding carboxylic acids is 1. The van der Waals surface area contributed by atoms with Gasteiger partial charge in [-0.15, -0.1) is 0 Å². The summed E-state index contributed by atoms with van der Waals surface area (Å²) in [5.74, 6) is 0.194. The second-order valence-electron chi connectivity index (χ2n) is 6.64. The minimum Gasteiger partial charge on any atom is -0.457 e. The number of nitrogens with zero attached hydrogens (tertiary/aromatic N) is 2. The van der Waals surface area contributed by atoms with Crippen LogP contribution in [0.5, 0.6) is 0 Å². The van der Waals surface area contributed by atoms with Gasteiger partial charge in [0.05, 0.1) is 11.3 Å². The quantitative estimate of drug-likeness (QED) is 0.583. The molecule has 3 aromatic rings. The largest absolute Gasteiger partial charge is 0.457 e. The van der Waals surface area contributed by atoms with E-state index in [1.165, 1.54) is 30.0 Å². The summed E-state index contributed by atoms with van der Waals surface area (Å²) in [5.41, 5.74) is 2.60. The molecule has 2 aromatic carbocycles. The van der Waals surface area contributed by atoms with Crippen LogP contribution in [-0.2, 0) is 4.79 Å². The monoisotopic (exact) mass is 415 g/mol. The predicted octanol–water partition coefficient (Wildman–Crippen LogP) is 5.39. The van der Waals surface area contributed by atoms with Crippen molar-refractivity contribution in [3.05, 3.63) is 94.9 Å². The molecule has 3 heterocycles. The smallest absolute Gasteiger partial charge is 0.283 e. The van der Waals surface area contributed by atoms with E-state index >= 15 is 0 Å². The van der Waals surface area contributed by atoms with E-state index in [0.29, 0.717) is 16.7 Å². The first-order valence-corrected chi connectivity index (χ1v) is 10.00. The standard InChI is InChI=1S/C23H14FN3O2S/c24-16-8-6-15(7-9-16)20-11-10-17(29-20)12-18-21(25)27-19(14-4-2-1-3-5-14)13-30-23(27)26-22(18)28/h1-13,25H. The molecular formula is C23H14FN3O2S. The van der Waals surface area contributed by atoms with E-state index < -0.39 is 5.91 Å². The van der Waals surface area contributed by atoms with Gasteiger partial charge in [0.1, 0.15) is 23.2 Å². The van der Waals surface area contributed by atoms with Crippen molar-refractivity contribution in [3.8, 4) is 11.3 Å². The van der Waals surface area contributed by atoms with E-state index in [1.807, 2.05) is 35.7 Å². The molecule has 0 spiro atoms. The van der Waals surface area contributed by atoms with Crippen LogP contribution in [0.3, 0.4) is 0 Å². The van der Waals surface area contributed by atoms with Gasteiger partial charge in [-0.25, -0.2) is 4.39 Å². The number of thioether (sulfide) groups is 1. The zero-order valence-corrected chi connectivity index (χ0v) is 16.3. The molecule has 2 aliphatic heterocycles.